The maximum Gasteiger partial charge on any atom is 0.188 e. The minimum Gasteiger partial charge on any atom is -0.370 e. The molecule has 0 saturated carbocycles. The highest BCUT2D eigenvalue weighted by molar-refractivity contribution is 5.78. The molecular weight excluding hydrogens is 138 g/mol. The number of hydrogen-bond donors (Lipinski definition) is 2. The van der Waals surface area contributed by atoms with Gasteiger partial charge in [-0.25, -0.2) is 0 Å². The van der Waals surface area contributed by atoms with Crippen LogP contribution in [-0.2, 0) is 0 Å². The van der Waals surface area contributed by atoms with Crippen molar-refractivity contribution in [1.29, 1.82) is 0 Å². The van der Waals surface area contributed by atoms with Gasteiger partial charge in [-0.15, -0.1) is 6.58 Å². The largest absolute Gasteiger partial charge is 0.370 e. The van der Waals surface area contributed by atoms with Crippen molar-refractivity contribution >= 4 is 5.96 Å². The number of nitrogens with zero attached hydrogens (tertiary/aromatic N) is 1. The predicted molar refractivity (Wildman–Crippen MR) is 49.6 cm³/mol. The van der Waals surface area contributed by atoms with Gasteiger partial charge in [-0.1, -0.05) is 6.08 Å². The summed E-state index contributed by atoms with van der Waals surface area (Å²) in [4.78, 5) is 4.00. The van der Waals surface area contributed by atoms with E-state index >= 15 is 0 Å². The van der Waals surface area contributed by atoms with Gasteiger partial charge in [0.15, 0.2) is 5.96 Å². The lowest BCUT2D eigenvalue weighted by atomic mass is 10.2. The molecule has 0 aromatic carbocycles. The van der Waals surface area contributed by atoms with Gasteiger partial charge < -0.3 is 11.1 Å². The molecule has 0 fully saturated rings. The fourth-order valence-corrected chi connectivity index (χ4v) is 0.777. The van der Waals surface area contributed by atoms with Crippen molar-refractivity contribution in [3.63, 3.8) is 0 Å². The number of nitrogens with two attached hydrogens (primary N) is 1. The number of guanidine groups is 1. The van der Waals surface area contributed by atoms with E-state index < -0.39 is 0 Å². The van der Waals surface area contributed by atoms with E-state index in [1.807, 2.05) is 19.9 Å². The third-order valence-electron chi connectivity index (χ3n) is 1.24. The lowest BCUT2D eigenvalue weighted by molar-refractivity contribution is 0.669. The van der Waals surface area contributed by atoms with Crippen LogP contribution in [0, 0.1) is 0 Å². The lowest BCUT2D eigenvalue weighted by Gasteiger charge is -2.11. The predicted octanol–water partition coefficient (Wildman–Crippen LogP) is 0.875. The van der Waals surface area contributed by atoms with Gasteiger partial charge in [0, 0.05) is 12.6 Å². The molecule has 1 atom stereocenters. The second kappa shape index (κ2) is 5.77. The first-order valence-corrected chi connectivity index (χ1v) is 3.88. The lowest BCUT2D eigenvalue weighted by Crippen LogP contribution is -2.38. The van der Waals surface area contributed by atoms with Crippen molar-refractivity contribution in [3.8, 4) is 0 Å². The van der Waals surface area contributed by atoms with Crippen LogP contribution in [0.1, 0.15) is 20.3 Å². The van der Waals surface area contributed by atoms with Crippen LogP contribution in [0.2, 0.25) is 0 Å². The summed E-state index contributed by atoms with van der Waals surface area (Å²) in [6.07, 6.45) is 2.76. The third-order valence-corrected chi connectivity index (χ3v) is 1.24. The molecule has 0 aromatic rings. The minimum absolute atomic E-state index is 0.322. The van der Waals surface area contributed by atoms with E-state index in [1.54, 1.807) is 0 Å². The van der Waals surface area contributed by atoms with Gasteiger partial charge in [0.2, 0.25) is 0 Å². The highest BCUT2D eigenvalue weighted by Gasteiger charge is 1.97. The summed E-state index contributed by atoms with van der Waals surface area (Å²) in [6, 6.07) is 0.322. The standard InChI is InChI=1S/C8H17N3/c1-4-6-7(3)11-8(9)10-5-2/h4,7H,1,5-6H2,2-3H3,(H3,9,10,11). The van der Waals surface area contributed by atoms with E-state index in [-0.39, 0.29) is 0 Å². The van der Waals surface area contributed by atoms with Gasteiger partial charge >= 0.3 is 0 Å². The Kier molecular flexibility index (Phi) is 5.25. The maximum atomic E-state index is 5.52. The molecule has 0 aliphatic carbocycles. The zero-order valence-electron chi connectivity index (χ0n) is 7.30. The van der Waals surface area contributed by atoms with Crippen LogP contribution in [0.25, 0.3) is 0 Å². The smallest absolute Gasteiger partial charge is 0.188 e. The Balaban J connectivity index is 3.64. The van der Waals surface area contributed by atoms with E-state index in [1.165, 1.54) is 0 Å². The highest BCUT2D eigenvalue weighted by Crippen LogP contribution is 1.88. The molecule has 0 spiro atoms. The Bertz CT molecular complexity index is 140. The van der Waals surface area contributed by atoms with Gasteiger partial charge in [0.25, 0.3) is 0 Å². The molecule has 0 rings (SSSR count). The van der Waals surface area contributed by atoms with E-state index in [9.17, 15) is 0 Å². The molecule has 64 valence electrons. The average Bonchev–Trinajstić information content (AvgIpc) is 1.87. The molecule has 1 unspecified atom stereocenters. The first-order valence-electron chi connectivity index (χ1n) is 3.88. The highest BCUT2D eigenvalue weighted by atomic mass is 15.1. The minimum atomic E-state index is 0.322. The maximum absolute atomic E-state index is 5.52. The Labute approximate surface area is 68.4 Å². The summed E-state index contributed by atoms with van der Waals surface area (Å²) in [5.41, 5.74) is 5.52. The zero-order chi connectivity index (χ0) is 8.69. The van der Waals surface area contributed by atoms with Gasteiger partial charge in [-0.3, -0.25) is 4.99 Å². The Hall–Kier alpha value is -0.990. The molecule has 0 radical (unpaired) electrons. The van der Waals surface area contributed by atoms with Crippen LogP contribution in [0.5, 0.6) is 0 Å². The Morgan fingerprint density at radius 2 is 2.45 bits per heavy atom. The normalized spacial score (nSPS) is 14.2. The van der Waals surface area contributed by atoms with Gasteiger partial charge in [0.1, 0.15) is 0 Å². The first kappa shape index (κ1) is 10.0. The molecule has 0 bridgehead atoms. The third kappa shape index (κ3) is 5.45. The van der Waals surface area contributed by atoms with E-state index in [2.05, 4.69) is 16.9 Å². The van der Waals surface area contributed by atoms with Crippen molar-refractivity contribution in [2.75, 3.05) is 6.54 Å². The average molecular weight is 155 g/mol. The molecule has 3 N–H and O–H groups in total. The van der Waals surface area contributed by atoms with Crippen LogP contribution in [0.15, 0.2) is 17.6 Å². The monoisotopic (exact) mass is 155 g/mol. The van der Waals surface area contributed by atoms with Crippen molar-refractivity contribution in [1.82, 2.24) is 5.32 Å². The van der Waals surface area contributed by atoms with E-state index in [0.717, 1.165) is 13.0 Å². The second-order valence-corrected chi connectivity index (χ2v) is 2.43. The number of nitrogens with one attached hydrogen (secondary N) is 1. The summed E-state index contributed by atoms with van der Waals surface area (Å²) in [5.74, 6) is 0.516. The summed E-state index contributed by atoms with van der Waals surface area (Å²) in [7, 11) is 0. The topological polar surface area (TPSA) is 50.4 Å². The van der Waals surface area contributed by atoms with Crippen molar-refractivity contribution in [2.24, 2.45) is 10.7 Å². The zero-order valence-corrected chi connectivity index (χ0v) is 7.30. The van der Waals surface area contributed by atoms with Gasteiger partial charge in [-0.05, 0) is 20.3 Å². The second-order valence-electron chi connectivity index (χ2n) is 2.43. The van der Waals surface area contributed by atoms with Crippen LogP contribution >= 0.6 is 0 Å². The summed E-state index contributed by atoms with van der Waals surface area (Å²) < 4.78 is 0. The molecule has 0 amide bonds. The molecule has 0 aliphatic heterocycles. The van der Waals surface area contributed by atoms with Crippen LogP contribution in [0.3, 0.4) is 0 Å². The molecule has 3 heteroatoms. The van der Waals surface area contributed by atoms with Crippen LogP contribution < -0.4 is 11.1 Å². The first-order chi connectivity index (χ1) is 5.20. The molecule has 3 nitrogen and oxygen atoms in total. The van der Waals surface area contributed by atoms with Gasteiger partial charge in [0.05, 0.1) is 0 Å². The fraction of sp³-hybridized carbons (Fsp3) is 0.625. The summed E-state index contributed by atoms with van der Waals surface area (Å²) >= 11 is 0. The molecule has 0 heterocycles. The number of rotatable bonds is 4. The Morgan fingerprint density at radius 1 is 1.82 bits per heavy atom. The Morgan fingerprint density at radius 3 is 2.91 bits per heavy atom. The van der Waals surface area contributed by atoms with Crippen molar-refractivity contribution in [2.45, 2.75) is 26.3 Å². The van der Waals surface area contributed by atoms with Crippen LogP contribution in [0.4, 0.5) is 0 Å². The van der Waals surface area contributed by atoms with Crippen molar-refractivity contribution < 1.29 is 0 Å². The molecule has 11 heavy (non-hydrogen) atoms. The van der Waals surface area contributed by atoms with Crippen LogP contribution in [-0.4, -0.2) is 18.5 Å². The molecular formula is C8H17N3. The van der Waals surface area contributed by atoms with E-state index in [0.29, 0.717) is 12.0 Å². The van der Waals surface area contributed by atoms with E-state index in [4.69, 9.17) is 5.73 Å². The molecule has 0 saturated heterocycles. The summed E-state index contributed by atoms with van der Waals surface area (Å²) in [6.45, 7) is 8.35. The van der Waals surface area contributed by atoms with Gasteiger partial charge in [-0.2, -0.15) is 0 Å². The SMILES string of the molecule is C=CCC(C)NC(N)=NCC. The fourth-order valence-electron chi connectivity index (χ4n) is 0.777. The molecule has 0 aliphatic rings. The number of hydrogen-bond acceptors (Lipinski definition) is 1. The summed E-state index contributed by atoms with van der Waals surface area (Å²) in [5, 5.41) is 3.04. The quantitative estimate of drug-likeness (QED) is 0.359. The molecule has 0 aromatic heterocycles. The number of aliphatic imine (C=N–C) groups is 1. The van der Waals surface area contributed by atoms with Crippen molar-refractivity contribution in [3.05, 3.63) is 12.7 Å².